The van der Waals surface area contributed by atoms with E-state index in [4.69, 9.17) is 0 Å². The molecule has 3 rings (SSSR count). The zero-order chi connectivity index (χ0) is 19.8. The van der Waals surface area contributed by atoms with Gasteiger partial charge < -0.3 is 9.80 Å². The number of alkyl halides is 3. The van der Waals surface area contributed by atoms with E-state index in [-0.39, 0.29) is 36.6 Å². The van der Waals surface area contributed by atoms with Gasteiger partial charge >= 0.3 is 6.18 Å². The Morgan fingerprint density at radius 2 is 1.93 bits per heavy atom. The lowest BCUT2D eigenvalue weighted by Crippen LogP contribution is -2.43. The predicted molar refractivity (Wildman–Crippen MR) is 88.5 cm³/mol. The van der Waals surface area contributed by atoms with Gasteiger partial charge in [0.25, 0.3) is 5.56 Å². The molecule has 2 amide bonds. The van der Waals surface area contributed by atoms with Crippen LogP contribution in [-0.2, 0) is 22.3 Å². The topological polar surface area (TPSA) is 75.5 Å². The monoisotopic (exact) mass is 386 g/mol. The number of hydrogen-bond acceptors (Lipinski definition) is 4. The third kappa shape index (κ3) is 4.30. The van der Waals surface area contributed by atoms with Crippen LogP contribution in [0.5, 0.6) is 0 Å². The Balaban J connectivity index is 1.55. The molecular weight excluding hydrogens is 365 g/mol. The third-order valence-electron chi connectivity index (χ3n) is 5.24. The second-order valence-electron chi connectivity index (χ2n) is 7.21. The largest absolute Gasteiger partial charge is 0.433 e. The van der Waals surface area contributed by atoms with Crippen LogP contribution in [0.1, 0.15) is 25.0 Å². The summed E-state index contributed by atoms with van der Waals surface area (Å²) in [7, 11) is 1.68. The minimum absolute atomic E-state index is 0.0282. The van der Waals surface area contributed by atoms with E-state index in [1.807, 2.05) is 0 Å². The lowest BCUT2D eigenvalue weighted by molar-refractivity contribution is -0.141. The maximum atomic E-state index is 12.6. The van der Waals surface area contributed by atoms with Crippen LogP contribution in [0.25, 0.3) is 0 Å². The summed E-state index contributed by atoms with van der Waals surface area (Å²) in [6, 6.07) is 0.506. The van der Waals surface area contributed by atoms with Crippen molar-refractivity contribution in [3.8, 4) is 0 Å². The zero-order valence-corrected chi connectivity index (χ0v) is 14.9. The molecule has 0 N–H and O–H groups in total. The number of hydrogen-bond donors (Lipinski definition) is 0. The summed E-state index contributed by atoms with van der Waals surface area (Å²) in [5, 5.41) is 0. The normalized spacial score (nSPS) is 21.8. The van der Waals surface area contributed by atoms with Gasteiger partial charge in [0.2, 0.25) is 11.8 Å². The Bertz CT molecular complexity index is 784. The molecule has 1 aromatic rings. The van der Waals surface area contributed by atoms with Crippen LogP contribution in [0.4, 0.5) is 13.2 Å². The van der Waals surface area contributed by atoms with E-state index in [0.29, 0.717) is 38.5 Å². The number of nitrogens with zero attached hydrogens (tertiary/aromatic N) is 4. The van der Waals surface area contributed by atoms with Gasteiger partial charge in [0.05, 0.1) is 12.2 Å². The fourth-order valence-corrected chi connectivity index (χ4v) is 3.62. The lowest BCUT2D eigenvalue weighted by atomic mass is 9.95. The highest BCUT2D eigenvalue weighted by Gasteiger charge is 2.36. The number of likely N-dealkylation sites (tertiary alicyclic amines) is 2. The molecule has 0 spiro atoms. The number of amides is 2. The van der Waals surface area contributed by atoms with Crippen LogP contribution in [0, 0.1) is 11.8 Å². The highest BCUT2D eigenvalue weighted by atomic mass is 19.4. The first-order valence-corrected chi connectivity index (χ1v) is 8.81. The molecule has 2 aliphatic rings. The Labute approximate surface area is 153 Å². The molecule has 0 bridgehead atoms. The summed E-state index contributed by atoms with van der Waals surface area (Å²) in [5.74, 6) is -0.282. The van der Waals surface area contributed by atoms with Crippen molar-refractivity contribution >= 4 is 11.8 Å². The average molecular weight is 386 g/mol. The molecule has 0 aromatic carbocycles. The molecular formula is C17H21F3N4O3. The first-order chi connectivity index (χ1) is 12.6. The lowest BCUT2D eigenvalue weighted by Gasteiger charge is -2.33. The SMILES string of the molecule is CN1CC(C(=O)N2CCC(Cn3cnc(C(F)(F)F)cc3=O)CC2)CC1=O. The molecule has 7 nitrogen and oxygen atoms in total. The van der Waals surface area contributed by atoms with Crippen molar-refractivity contribution in [1.29, 1.82) is 0 Å². The molecule has 1 atom stereocenters. The van der Waals surface area contributed by atoms with Gasteiger partial charge in [0.1, 0.15) is 0 Å². The van der Waals surface area contributed by atoms with Crippen molar-refractivity contribution in [3.05, 3.63) is 28.4 Å². The molecule has 2 saturated heterocycles. The minimum atomic E-state index is -4.64. The molecule has 148 valence electrons. The maximum Gasteiger partial charge on any atom is 0.433 e. The number of carbonyl (C=O) groups is 2. The number of piperidine rings is 1. The summed E-state index contributed by atoms with van der Waals surface area (Å²) in [5.41, 5.74) is -1.93. The molecule has 0 saturated carbocycles. The number of aromatic nitrogens is 2. The van der Waals surface area contributed by atoms with Gasteiger partial charge in [-0.2, -0.15) is 13.2 Å². The van der Waals surface area contributed by atoms with E-state index < -0.39 is 17.4 Å². The van der Waals surface area contributed by atoms with Crippen LogP contribution in [0.3, 0.4) is 0 Å². The number of halogens is 3. The van der Waals surface area contributed by atoms with Gasteiger partial charge in [-0.25, -0.2) is 4.98 Å². The molecule has 1 unspecified atom stereocenters. The fraction of sp³-hybridized carbons (Fsp3) is 0.647. The Morgan fingerprint density at radius 3 is 2.44 bits per heavy atom. The predicted octanol–water partition coefficient (Wildman–Crippen LogP) is 0.979. The van der Waals surface area contributed by atoms with E-state index in [1.54, 1.807) is 16.8 Å². The number of carbonyl (C=O) groups excluding carboxylic acids is 2. The first-order valence-electron chi connectivity index (χ1n) is 8.81. The van der Waals surface area contributed by atoms with Gasteiger partial charge in [-0.3, -0.25) is 19.0 Å². The van der Waals surface area contributed by atoms with Gasteiger partial charge in [-0.1, -0.05) is 0 Å². The Morgan fingerprint density at radius 1 is 1.26 bits per heavy atom. The molecule has 0 aliphatic carbocycles. The Hall–Kier alpha value is -2.39. The van der Waals surface area contributed by atoms with E-state index in [2.05, 4.69) is 4.98 Å². The minimum Gasteiger partial charge on any atom is -0.345 e. The maximum absolute atomic E-state index is 12.6. The van der Waals surface area contributed by atoms with Crippen molar-refractivity contribution in [1.82, 2.24) is 19.4 Å². The standard InChI is InChI=1S/C17H21F3N4O3/c1-22-9-12(6-14(22)25)16(27)23-4-2-11(3-5-23)8-24-10-21-13(7-15(24)26)17(18,19)20/h7,10-12H,2-6,8-9H2,1H3. The number of rotatable bonds is 3. The summed E-state index contributed by atoms with van der Waals surface area (Å²) in [6.45, 7) is 1.74. The van der Waals surface area contributed by atoms with Gasteiger partial charge in [0.15, 0.2) is 5.69 Å². The smallest absolute Gasteiger partial charge is 0.345 e. The fourth-order valence-electron chi connectivity index (χ4n) is 3.62. The van der Waals surface area contributed by atoms with E-state index in [9.17, 15) is 27.6 Å². The van der Waals surface area contributed by atoms with E-state index in [0.717, 1.165) is 6.33 Å². The highest BCUT2D eigenvalue weighted by Crippen LogP contribution is 2.26. The second kappa shape index (κ2) is 7.32. The summed E-state index contributed by atoms with van der Waals surface area (Å²) in [4.78, 5) is 42.6. The molecule has 10 heteroatoms. The summed E-state index contributed by atoms with van der Waals surface area (Å²) >= 11 is 0. The third-order valence-corrected chi connectivity index (χ3v) is 5.24. The molecule has 3 heterocycles. The van der Waals surface area contributed by atoms with Crippen LogP contribution >= 0.6 is 0 Å². The summed E-state index contributed by atoms with van der Waals surface area (Å²) < 4.78 is 38.9. The van der Waals surface area contributed by atoms with Crippen LogP contribution in [-0.4, -0.2) is 57.8 Å². The second-order valence-corrected chi connectivity index (χ2v) is 7.21. The highest BCUT2D eigenvalue weighted by molar-refractivity contribution is 5.89. The van der Waals surface area contributed by atoms with Crippen LogP contribution < -0.4 is 5.56 Å². The van der Waals surface area contributed by atoms with E-state index in [1.165, 1.54) is 4.57 Å². The Kier molecular flexibility index (Phi) is 5.25. The molecule has 0 radical (unpaired) electrons. The molecule has 2 fully saturated rings. The van der Waals surface area contributed by atoms with Crippen molar-refractivity contribution in [2.45, 2.75) is 32.0 Å². The van der Waals surface area contributed by atoms with Gasteiger partial charge in [-0.15, -0.1) is 0 Å². The zero-order valence-electron chi connectivity index (χ0n) is 14.9. The van der Waals surface area contributed by atoms with Crippen molar-refractivity contribution in [3.63, 3.8) is 0 Å². The quantitative estimate of drug-likeness (QED) is 0.776. The van der Waals surface area contributed by atoms with Gasteiger partial charge in [0, 0.05) is 45.7 Å². The van der Waals surface area contributed by atoms with Crippen molar-refractivity contribution < 1.29 is 22.8 Å². The van der Waals surface area contributed by atoms with Crippen molar-refractivity contribution in [2.75, 3.05) is 26.7 Å². The average Bonchev–Trinajstić information content (AvgIpc) is 2.95. The van der Waals surface area contributed by atoms with Crippen LogP contribution in [0.2, 0.25) is 0 Å². The van der Waals surface area contributed by atoms with E-state index >= 15 is 0 Å². The molecule has 2 aliphatic heterocycles. The van der Waals surface area contributed by atoms with Crippen molar-refractivity contribution in [2.24, 2.45) is 11.8 Å². The molecule has 27 heavy (non-hydrogen) atoms. The first kappa shape index (κ1) is 19.4. The van der Waals surface area contributed by atoms with Crippen LogP contribution in [0.15, 0.2) is 17.2 Å². The molecule has 1 aromatic heterocycles. The summed E-state index contributed by atoms with van der Waals surface area (Å²) in [6.07, 6.45) is -2.17. The van der Waals surface area contributed by atoms with Gasteiger partial charge in [-0.05, 0) is 18.8 Å².